The number of carbonyl (C=O) groups excluding carboxylic acids is 2. The molecule has 1 aliphatic rings. The van der Waals surface area contributed by atoms with Gasteiger partial charge in [0.05, 0.1) is 26.9 Å². The first-order chi connectivity index (χ1) is 9.04. The Balaban J connectivity index is 2.80. The smallest absolute Gasteiger partial charge is 0.232 e. The molecule has 100 valence electrons. The van der Waals surface area contributed by atoms with Crippen LogP contribution in [0.25, 0.3) is 0 Å². The molecular weight excluding hydrogens is 248 g/mol. The Labute approximate surface area is 110 Å². The van der Waals surface area contributed by atoms with Crippen LogP contribution in [0.3, 0.4) is 0 Å². The fourth-order valence-electron chi connectivity index (χ4n) is 2.19. The Morgan fingerprint density at radius 3 is 2.16 bits per heavy atom. The van der Waals surface area contributed by atoms with Crippen molar-refractivity contribution in [2.45, 2.75) is 6.92 Å². The molecule has 0 saturated carbocycles. The second kappa shape index (κ2) is 4.76. The lowest BCUT2D eigenvalue weighted by atomic mass is 9.89. The summed E-state index contributed by atoms with van der Waals surface area (Å²) in [6, 6.07) is 1.68. The number of benzene rings is 1. The second-order valence-corrected chi connectivity index (χ2v) is 4.09. The summed E-state index contributed by atoms with van der Waals surface area (Å²) in [5.74, 6) is 0.0191. The van der Waals surface area contributed by atoms with Gasteiger partial charge in [-0.3, -0.25) is 9.59 Å². The van der Waals surface area contributed by atoms with E-state index in [1.54, 1.807) is 13.0 Å². The number of rotatable bonds is 3. The lowest BCUT2D eigenvalue weighted by Crippen LogP contribution is -2.20. The van der Waals surface area contributed by atoms with Crippen LogP contribution in [0.1, 0.15) is 26.3 Å². The highest BCUT2D eigenvalue weighted by Crippen LogP contribution is 2.39. The van der Waals surface area contributed by atoms with Crippen LogP contribution < -0.4 is 9.47 Å². The summed E-state index contributed by atoms with van der Waals surface area (Å²) < 4.78 is 15.3. The number of carbonyl (C=O) groups is 2. The first-order valence-electron chi connectivity index (χ1n) is 5.65. The van der Waals surface area contributed by atoms with E-state index in [4.69, 9.17) is 14.2 Å². The quantitative estimate of drug-likeness (QED) is 0.832. The minimum absolute atomic E-state index is 0.00320. The highest BCUT2D eigenvalue weighted by atomic mass is 16.5. The molecule has 1 aromatic rings. The summed E-state index contributed by atoms with van der Waals surface area (Å²) in [4.78, 5) is 24.4. The van der Waals surface area contributed by atoms with E-state index >= 15 is 0 Å². The average Bonchev–Trinajstić information content (AvgIpc) is 2.41. The van der Waals surface area contributed by atoms with E-state index in [9.17, 15) is 9.59 Å². The van der Waals surface area contributed by atoms with Gasteiger partial charge in [-0.15, -0.1) is 0 Å². The lowest BCUT2D eigenvalue weighted by Gasteiger charge is -2.20. The van der Waals surface area contributed by atoms with Crippen molar-refractivity contribution in [1.29, 1.82) is 0 Å². The third-order valence-electron chi connectivity index (χ3n) is 3.05. The van der Waals surface area contributed by atoms with Crippen LogP contribution >= 0.6 is 0 Å². The maximum Gasteiger partial charge on any atom is 0.232 e. The molecule has 0 amide bonds. The molecule has 0 N–H and O–H groups in total. The topological polar surface area (TPSA) is 61.8 Å². The first-order valence-corrected chi connectivity index (χ1v) is 5.65. The van der Waals surface area contributed by atoms with Crippen molar-refractivity contribution in [3.63, 3.8) is 0 Å². The number of methoxy groups -OCH3 is 3. The molecule has 2 rings (SSSR count). The molecule has 0 saturated heterocycles. The molecule has 1 aromatic carbocycles. The Kier molecular flexibility index (Phi) is 3.29. The Morgan fingerprint density at radius 2 is 1.63 bits per heavy atom. The SMILES string of the molecule is COC1=CC(=O)c2c(C)cc(OC)c(OC)c2C1=O. The molecule has 0 radical (unpaired) electrons. The summed E-state index contributed by atoms with van der Waals surface area (Å²) in [6.07, 6.45) is 1.20. The number of hydrogen-bond acceptors (Lipinski definition) is 5. The van der Waals surface area contributed by atoms with E-state index in [0.717, 1.165) is 0 Å². The Morgan fingerprint density at radius 1 is 0.947 bits per heavy atom. The molecule has 0 aliphatic heterocycles. The second-order valence-electron chi connectivity index (χ2n) is 4.09. The summed E-state index contributed by atoms with van der Waals surface area (Å²) >= 11 is 0. The molecule has 0 atom stereocenters. The summed E-state index contributed by atoms with van der Waals surface area (Å²) in [6.45, 7) is 1.75. The summed E-state index contributed by atoms with van der Waals surface area (Å²) in [5, 5.41) is 0. The molecule has 0 heterocycles. The van der Waals surface area contributed by atoms with Gasteiger partial charge in [0, 0.05) is 11.6 Å². The minimum Gasteiger partial charge on any atom is -0.493 e. The van der Waals surface area contributed by atoms with Gasteiger partial charge >= 0.3 is 0 Å². The van der Waals surface area contributed by atoms with Crippen LogP contribution in [0.2, 0.25) is 0 Å². The van der Waals surface area contributed by atoms with Crippen molar-refractivity contribution in [2.24, 2.45) is 0 Å². The van der Waals surface area contributed by atoms with Gasteiger partial charge in [-0.2, -0.15) is 0 Å². The molecule has 5 nitrogen and oxygen atoms in total. The van der Waals surface area contributed by atoms with Gasteiger partial charge < -0.3 is 14.2 Å². The number of Topliss-reactive ketones (excluding diaryl/α,β-unsaturated/α-hetero) is 1. The zero-order valence-corrected chi connectivity index (χ0v) is 11.2. The van der Waals surface area contributed by atoms with E-state index in [1.807, 2.05) is 0 Å². The van der Waals surface area contributed by atoms with Crippen molar-refractivity contribution in [1.82, 2.24) is 0 Å². The van der Waals surface area contributed by atoms with Crippen molar-refractivity contribution in [2.75, 3.05) is 21.3 Å². The molecule has 19 heavy (non-hydrogen) atoms. The van der Waals surface area contributed by atoms with Crippen molar-refractivity contribution in [3.05, 3.63) is 34.6 Å². The molecule has 0 bridgehead atoms. The van der Waals surface area contributed by atoms with Crippen molar-refractivity contribution in [3.8, 4) is 11.5 Å². The van der Waals surface area contributed by atoms with Gasteiger partial charge in [-0.1, -0.05) is 0 Å². The van der Waals surface area contributed by atoms with Crippen LogP contribution in [-0.2, 0) is 4.74 Å². The van der Waals surface area contributed by atoms with Crippen LogP contribution in [-0.4, -0.2) is 32.9 Å². The largest absolute Gasteiger partial charge is 0.493 e. The van der Waals surface area contributed by atoms with Gasteiger partial charge in [-0.25, -0.2) is 0 Å². The predicted octanol–water partition coefficient (Wildman–Crippen LogP) is 1.92. The van der Waals surface area contributed by atoms with Gasteiger partial charge in [0.2, 0.25) is 5.78 Å². The number of fused-ring (bicyclic) bond motifs is 1. The maximum absolute atomic E-state index is 12.3. The van der Waals surface area contributed by atoms with Gasteiger partial charge in [-0.05, 0) is 18.6 Å². The third-order valence-corrected chi connectivity index (χ3v) is 3.05. The van der Waals surface area contributed by atoms with E-state index < -0.39 is 0 Å². The molecule has 0 spiro atoms. The number of allylic oxidation sites excluding steroid dienone is 2. The maximum atomic E-state index is 12.3. The van der Waals surface area contributed by atoms with E-state index in [-0.39, 0.29) is 28.6 Å². The Bertz CT molecular complexity index is 598. The monoisotopic (exact) mass is 262 g/mol. The third kappa shape index (κ3) is 1.87. The van der Waals surface area contributed by atoms with Crippen LogP contribution in [0.15, 0.2) is 17.9 Å². The fraction of sp³-hybridized carbons (Fsp3) is 0.286. The summed E-state index contributed by atoms with van der Waals surface area (Å²) in [5.41, 5.74) is 1.20. The van der Waals surface area contributed by atoms with Crippen molar-refractivity contribution < 1.29 is 23.8 Å². The van der Waals surface area contributed by atoms with E-state index in [0.29, 0.717) is 16.9 Å². The first kappa shape index (κ1) is 13.1. The van der Waals surface area contributed by atoms with Gasteiger partial charge in [0.25, 0.3) is 0 Å². The van der Waals surface area contributed by atoms with Crippen molar-refractivity contribution >= 4 is 11.6 Å². The van der Waals surface area contributed by atoms with Crippen LogP contribution in [0.5, 0.6) is 11.5 Å². The highest BCUT2D eigenvalue weighted by molar-refractivity contribution is 6.25. The number of aryl methyl sites for hydroxylation is 1. The standard InChI is InChI=1S/C14H14O5/c1-7-5-10(18-3)14(19-4)12-11(7)8(15)6-9(17-2)13(12)16/h5-6H,1-4H3. The lowest BCUT2D eigenvalue weighted by molar-refractivity contribution is 0.0912. The number of ether oxygens (including phenoxy) is 3. The van der Waals surface area contributed by atoms with Gasteiger partial charge in [0.1, 0.15) is 0 Å². The van der Waals surface area contributed by atoms with E-state index in [1.165, 1.54) is 27.4 Å². The molecule has 0 aromatic heterocycles. The van der Waals surface area contributed by atoms with Crippen LogP contribution in [0.4, 0.5) is 0 Å². The molecule has 0 unspecified atom stereocenters. The molecular formula is C14H14O5. The predicted molar refractivity (Wildman–Crippen MR) is 68.0 cm³/mol. The normalized spacial score (nSPS) is 13.8. The molecule has 5 heteroatoms. The molecule has 0 fully saturated rings. The zero-order chi connectivity index (χ0) is 14.2. The summed E-state index contributed by atoms with van der Waals surface area (Å²) in [7, 11) is 4.25. The number of hydrogen-bond donors (Lipinski definition) is 0. The van der Waals surface area contributed by atoms with E-state index in [2.05, 4.69) is 0 Å². The number of ketones is 2. The minimum atomic E-state index is -0.379. The zero-order valence-electron chi connectivity index (χ0n) is 11.2. The highest BCUT2D eigenvalue weighted by Gasteiger charge is 2.33. The molecule has 1 aliphatic carbocycles. The van der Waals surface area contributed by atoms with Crippen LogP contribution in [0, 0.1) is 6.92 Å². The fourth-order valence-corrected chi connectivity index (χ4v) is 2.19. The van der Waals surface area contributed by atoms with Gasteiger partial charge in [0.15, 0.2) is 23.0 Å². The average molecular weight is 262 g/mol. The Hall–Kier alpha value is -2.30.